The number of aliphatic imine (C=N–C) groups is 1. The summed E-state index contributed by atoms with van der Waals surface area (Å²) in [7, 11) is 1.82. The average molecular weight is 126 g/mol. The molecule has 1 heterocycles. The maximum Gasteiger partial charge on any atom is 0.172 e. The van der Waals surface area contributed by atoms with Gasteiger partial charge in [-0.3, -0.25) is 10.7 Å². The van der Waals surface area contributed by atoms with Crippen molar-refractivity contribution in [3.63, 3.8) is 0 Å². The zero-order valence-corrected chi connectivity index (χ0v) is 5.26. The molecule has 4 nitrogen and oxygen atoms in total. The Morgan fingerprint density at radius 3 is 3.11 bits per heavy atom. The molecule has 4 N–H and O–H groups in total. The first-order valence-electron chi connectivity index (χ1n) is 2.76. The molecule has 0 aliphatic carbocycles. The molecule has 0 saturated heterocycles. The molecule has 0 aromatic rings. The van der Waals surface area contributed by atoms with Crippen LogP contribution in [0.25, 0.3) is 0 Å². The van der Waals surface area contributed by atoms with Gasteiger partial charge in [0.05, 0.1) is 0 Å². The highest BCUT2D eigenvalue weighted by Crippen LogP contribution is 1.88. The zero-order chi connectivity index (χ0) is 6.69. The van der Waals surface area contributed by atoms with E-state index in [1.54, 1.807) is 6.21 Å². The third kappa shape index (κ3) is 1.43. The second-order valence-electron chi connectivity index (χ2n) is 1.72. The predicted octanol–water partition coefficient (Wildman–Crippen LogP) is -1.04. The predicted molar refractivity (Wildman–Crippen MR) is 36.7 cm³/mol. The van der Waals surface area contributed by atoms with Crippen molar-refractivity contribution < 1.29 is 0 Å². The molecule has 1 aliphatic heterocycles. The maximum atomic E-state index is 5.41. The Morgan fingerprint density at radius 2 is 2.67 bits per heavy atom. The first kappa shape index (κ1) is 6.10. The fourth-order valence-electron chi connectivity index (χ4n) is 0.610. The summed E-state index contributed by atoms with van der Waals surface area (Å²) in [4.78, 5) is 3.85. The van der Waals surface area contributed by atoms with Crippen LogP contribution in [0.5, 0.6) is 0 Å². The zero-order valence-electron chi connectivity index (χ0n) is 5.26. The molecule has 0 aromatic carbocycles. The van der Waals surface area contributed by atoms with Crippen LogP contribution in [0.2, 0.25) is 0 Å². The van der Waals surface area contributed by atoms with Crippen molar-refractivity contribution >= 4 is 6.21 Å². The number of nitrogens with two attached hydrogens (primary N) is 1. The van der Waals surface area contributed by atoms with E-state index < -0.39 is 0 Å². The van der Waals surface area contributed by atoms with Crippen molar-refractivity contribution in [3.8, 4) is 0 Å². The van der Waals surface area contributed by atoms with Gasteiger partial charge in [-0.15, -0.1) is 0 Å². The van der Waals surface area contributed by atoms with Crippen molar-refractivity contribution in [1.29, 1.82) is 0 Å². The van der Waals surface area contributed by atoms with Crippen LogP contribution in [0.4, 0.5) is 0 Å². The summed E-state index contributed by atoms with van der Waals surface area (Å²) >= 11 is 0. The Kier molecular flexibility index (Phi) is 1.69. The normalized spacial score (nSPS) is 24.7. The van der Waals surface area contributed by atoms with Gasteiger partial charge in [0.25, 0.3) is 0 Å². The van der Waals surface area contributed by atoms with Crippen LogP contribution in [-0.4, -0.2) is 19.6 Å². The Hall–Kier alpha value is -1.03. The number of hydrogen-bond acceptors (Lipinski definition) is 4. The fraction of sp³-hybridized carbons (Fsp3) is 0.400. The van der Waals surface area contributed by atoms with E-state index in [9.17, 15) is 0 Å². The van der Waals surface area contributed by atoms with Gasteiger partial charge in [0, 0.05) is 13.3 Å². The molecule has 0 saturated carbocycles. The van der Waals surface area contributed by atoms with E-state index >= 15 is 0 Å². The van der Waals surface area contributed by atoms with Gasteiger partial charge in [-0.05, 0) is 6.08 Å². The molecule has 50 valence electrons. The van der Waals surface area contributed by atoms with Crippen molar-refractivity contribution in [1.82, 2.24) is 10.6 Å². The molecule has 0 amide bonds. The second-order valence-corrected chi connectivity index (χ2v) is 1.72. The van der Waals surface area contributed by atoms with Crippen molar-refractivity contribution in [2.75, 3.05) is 7.05 Å². The summed E-state index contributed by atoms with van der Waals surface area (Å²) in [5.74, 6) is 0.900. The lowest BCUT2D eigenvalue weighted by Gasteiger charge is -2.16. The summed E-state index contributed by atoms with van der Waals surface area (Å²) < 4.78 is 0. The Morgan fingerprint density at radius 1 is 1.89 bits per heavy atom. The largest absolute Gasteiger partial charge is 0.375 e. The lowest BCUT2D eigenvalue weighted by molar-refractivity contribution is 0.583. The second kappa shape index (κ2) is 2.50. The van der Waals surface area contributed by atoms with Crippen LogP contribution in [-0.2, 0) is 0 Å². The summed E-state index contributed by atoms with van der Waals surface area (Å²) in [6.45, 7) is 0. The lowest BCUT2D eigenvalue weighted by atomic mass is 10.5. The molecule has 0 bridgehead atoms. The van der Waals surface area contributed by atoms with Gasteiger partial charge >= 0.3 is 0 Å². The summed E-state index contributed by atoms with van der Waals surface area (Å²) in [6.07, 6.45) is 3.20. The minimum atomic E-state index is -0.294. The number of rotatable bonds is 1. The van der Waals surface area contributed by atoms with E-state index in [4.69, 9.17) is 5.73 Å². The van der Waals surface area contributed by atoms with Crippen LogP contribution in [0.15, 0.2) is 16.9 Å². The molecular weight excluding hydrogens is 116 g/mol. The third-order valence-electron chi connectivity index (χ3n) is 1.06. The van der Waals surface area contributed by atoms with Crippen LogP contribution in [0, 0.1) is 0 Å². The Labute approximate surface area is 53.8 Å². The molecule has 4 heteroatoms. The van der Waals surface area contributed by atoms with Crippen molar-refractivity contribution in [3.05, 3.63) is 11.9 Å². The van der Waals surface area contributed by atoms with Gasteiger partial charge < -0.3 is 10.6 Å². The van der Waals surface area contributed by atoms with Crippen LogP contribution < -0.4 is 16.4 Å². The standard InChI is InChI=1S/C5H10N4/c1-7-4-2-3-8-5(6)9-4/h2-3,5,7,9H,6H2,1H3. The van der Waals surface area contributed by atoms with Gasteiger partial charge in [0.2, 0.25) is 0 Å². The summed E-state index contributed by atoms with van der Waals surface area (Å²) in [5, 5.41) is 5.81. The average Bonchev–Trinajstić information content (AvgIpc) is 1.88. The summed E-state index contributed by atoms with van der Waals surface area (Å²) in [6, 6.07) is 0. The van der Waals surface area contributed by atoms with Gasteiger partial charge in [-0.25, -0.2) is 0 Å². The SMILES string of the molecule is CNC1=CC=NC(N)N1. The van der Waals surface area contributed by atoms with E-state index in [-0.39, 0.29) is 6.29 Å². The highest BCUT2D eigenvalue weighted by molar-refractivity contribution is 5.72. The monoisotopic (exact) mass is 126 g/mol. The molecule has 0 aromatic heterocycles. The maximum absolute atomic E-state index is 5.41. The number of nitrogens with one attached hydrogen (secondary N) is 2. The molecule has 0 fully saturated rings. The molecular formula is C5H10N4. The number of allylic oxidation sites excluding steroid dienone is 1. The Bertz CT molecular complexity index is 149. The van der Waals surface area contributed by atoms with Gasteiger partial charge in [-0.1, -0.05) is 0 Å². The van der Waals surface area contributed by atoms with Gasteiger partial charge in [-0.2, -0.15) is 0 Å². The molecule has 9 heavy (non-hydrogen) atoms. The van der Waals surface area contributed by atoms with Crippen LogP contribution in [0.1, 0.15) is 0 Å². The number of hydrogen-bond donors (Lipinski definition) is 3. The van der Waals surface area contributed by atoms with E-state index in [0.29, 0.717) is 0 Å². The van der Waals surface area contributed by atoms with E-state index in [1.165, 1.54) is 0 Å². The topological polar surface area (TPSA) is 62.4 Å². The van der Waals surface area contributed by atoms with E-state index in [1.807, 2.05) is 13.1 Å². The van der Waals surface area contributed by atoms with E-state index in [2.05, 4.69) is 15.6 Å². The quantitative estimate of drug-likeness (QED) is 0.420. The highest BCUT2D eigenvalue weighted by atomic mass is 15.2. The first-order chi connectivity index (χ1) is 4.33. The lowest BCUT2D eigenvalue weighted by Crippen LogP contribution is -2.40. The molecule has 1 aliphatic rings. The van der Waals surface area contributed by atoms with E-state index in [0.717, 1.165) is 5.82 Å². The van der Waals surface area contributed by atoms with Crippen molar-refractivity contribution in [2.45, 2.75) is 6.29 Å². The third-order valence-corrected chi connectivity index (χ3v) is 1.06. The van der Waals surface area contributed by atoms with Gasteiger partial charge in [0.15, 0.2) is 6.29 Å². The molecule has 1 rings (SSSR count). The van der Waals surface area contributed by atoms with Gasteiger partial charge in [0.1, 0.15) is 5.82 Å². The van der Waals surface area contributed by atoms with Crippen LogP contribution >= 0.6 is 0 Å². The van der Waals surface area contributed by atoms with Crippen molar-refractivity contribution in [2.24, 2.45) is 10.7 Å². The number of nitrogens with zero attached hydrogens (tertiary/aromatic N) is 1. The Balaban J connectivity index is 2.55. The molecule has 1 unspecified atom stereocenters. The summed E-state index contributed by atoms with van der Waals surface area (Å²) in [5.41, 5.74) is 5.41. The molecule has 0 radical (unpaired) electrons. The highest BCUT2D eigenvalue weighted by Gasteiger charge is 2.01. The minimum absolute atomic E-state index is 0.294. The first-order valence-corrected chi connectivity index (χ1v) is 2.76. The smallest absolute Gasteiger partial charge is 0.172 e. The van der Waals surface area contributed by atoms with Crippen LogP contribution in [0.3, 0.4) is 0 Å². The fourth-order valence-corrected chi connectivity index (χ4v) is 0.610. The molecule has 1 atom stereocenters. The minimum Gasteiger partial charge on any atom is -0.375 e. The molecule has 0 spiro atoms.